The number of aromatic amines is 1. The Balaban J connectivity index is 1.60. The number of anilines is 1. The third kappa shape index (κ3) is 3.13. The zero-order chi connectivity index (χ0) is 17.4. The number of amides is 1. The third-order valence-corrected chi connectivity index (χ3v) is 5.01. The number of benzene rings is 2. The number of oxazole rings is 1. The average molecular weight is 416 g/mol. The Hall–Kier alpha value is -2.71. The van der Waals surface area contributed by atoms with Crippen molar-refractivity contribution >= 4 is 49.4 Å². The Labute approximate surface area is 153 Å². The number of rotatable bonds is 3. The highest BCUT2D eigenvalue weighted by Gasteiger charge is 2.13. The SMILES string of the molecule is O=C(Nc1nc(-c2ccc3oc(=O)[nH]c3c2)cs1)c1ccccc1Br. The van der Waals surface area contributed by atoms with Gasteiger partial charge in [0.05, 0.1) is 16.8 Å². The van der Waals surface area contributed by atoms with Crippen molar-refractivity contribution in [2.24, 2.45) is 0 Å². The first-order valence-electron chi connectivity index (χ1n) is 7.25. The van der Waals surface area contributed by atoms with Crippen molar-refractivity contribution in [3.8, 4) is 11.3 Å². The van der Waals surface area contributed by atoms with E-state index < -0.39 is 5.76 Å². The van der Waals surface area contributed by atoms with Crippen LogP contribution in [0, 0.1) is 0 Å². The molecule has 8 heteroatoms. The van der Waals surface area contributed by atoms with E-state index in [1.807, 2.05) is 23.6 Å². The molecular formula is C17H10BrN3O3S. The van der Waals surface area contributed by atoms with E-state index in [-0.39, 0.29) is 5.91 Å². The molecule has 2 aromatic carbocycles. The summed E-state index contributed by atoms with van der Waals surface area (Å²) >= 11 is 4.69. The van der Waals surface area contributed by atoms with Gasteiger partial charge in [0.1, 0.15) is 0 Å². The fourth-order valence-electron chi connectivity index (χ4n) is 2.38. The summed E-state index contributed by atoms with van der Waals surface area (Å²) in [6, 6.07) is 12.5. The largest absolute Gasteiger partial charge is 0.417 e. The second-order valence-electron chi connectivity index (χ2n) is 5.20. The van der Waals surface area contributed by atoms with Crippen LogP contribution < -0.4 is 11.1 Å². The topological polar surface area (TPSA) is 88.0 Å². The number of halogens is 1. The Morgan fingerprint density at radius 2 is 2.08 bits per heavy atom. The number of carbonyl (C=O) groups excluding carboxylic acids is 1. The van der Waals surface area contributed by atoms with Crippen LogP contribution in [0.25, 0.3) is 22.4 Å². The molecule has 1 amide bonds. The van der Waals surface area contributed by atoms with Crippen LogP contribution in [0.5, 0.6) is 0 Å². The summed E-state index contributed by atoms with van der Waals surface area (Å²) in [6.45, 7) is 0. The number of nitrogens with one attached hydrogen (secondary N) is 2. The molecule has 4 aromatic rings. The molecule has 0 aliphatic rings. The monoisotopic (exact) mass is 415 g/mol. The standard InChI is InChI=1S/C17H10BrN3O3S/c18-11-4-2-1-3-10(11)15(22)21-16-19-13(8-25-16)9-5-6-14-12(7-9)20-17(23)24-14/h1-8H,(H,20,23)(H,19,21,22). The molecule has 0 fully saturated rings. The molecule has 0 aliphatic heterocycles. The maximum Gasteiger partial charge on any atom is 0.417 e. The van der Waals surface area contributed by atoms with Gasteiger partial charge in [-0.05, 0) is 46.3 Å². The van der Waals surface area contributed by atoms with E-state index >= 15 is 0 Å². The van der Waals surface area contributed by atoms with Gasteiger partial charge in [0.15, 0.2) is 10.7 Å². The summed E-state index contributed by atoms with van der Waals surface area (Å²) in [5.74, 6) is -0.727. The highest BCUT2D eigenvalue weighted by Crippen LogP contribution is 2.27. The number of aromatic nitrogens is 2. The highest BCUT2D eigenvalue weighted by molar-refractivity contribution is 9.10. The van der Waals surface area contributed by atoms with E-state index in [1.165, 1.54) is 11.3 Å². The summed E-state index contributed by atoms with van der Waals surface area (Å²) in [6.07, 6.45) is 0. The maximum atomic E-state index is 12.3. The highest BCUT2D eigenvalue weighted by atomic mass is 79.9. The van der Waals surface area contributed by atoms with Crippen molar-refractivity contribution in [1.82, 2.24) is 9.97 Å². The normalized spacial score (nSPS) is 10.9. The third-order valence-electron chi connectivity index (χ3n) is 3.56. The number of hydrogen-bond donors (Lipinski definition) is 2. The van der Waals surface area contributed by atoms with Gasteiger partial charge < -0.3 is 4.42 Å². The van der Waals surface area contributed by atoms with Gasteiger partial charge in [0.25, 0.3) is 5.91 Å². The number of hydrogen-bond acceptors (Lipinski definition) is 5. The van der Waals surface area contributed by atoms with Crippen LogP contribution in [0.1, 0.15) is 10.4 Å². The molecule has 4 rings (SSSR count). The lowest BCUT2D eigenvalue weighted by atomic mass is 10.1. The van der Waals surface area contributed by atoms with E-state index in [0.717, 1.165) is 10.0 Å². The first-order valence-corrected chi connectivity index (χ1v) is 8.92. The van der Waals surface area contributed by atoms with Crippen molar-refractivity contribution in [3.05, 3.63) is 68.4 Å². The van der Waals surface area contributed by atoms with E-state index in [4.69, 9.17) is 4.42 Å². The fourth-order valence-corrected chi connectivity index (χ4v) is 3.56. The summed E-state index contributed by atoms with van der Waals surface area (Å²) in [5, 5.41) is 5.13. The first kappa shape index (κ1) is 15.8. The lowest BCUT2D eigenvalue weighted by Gasteiger charge is -2.03. The smallest absolute Gasteiger partial charge is 0.408 e. The summed E-state index contributed by atoms with van der Waals surface area (Å²) in [4.78, 5) is 30.6. The predicted octanol–water partition coefficient (Wildman–Crippen LogP) is 4.26. The van der Waals surface area contributed by atoms with Crippen LogP contribution in [0.3, 0.4) is 0 Å². The van der Waals surface area contributed by atoms with E-state index in [0.29, 0.717) is 27.5 Å². The molecule has 0 spiro atoms. The number of H-pyrrole nitrogens is 1. The van der Waals surface area contributed by atoms with Crippen LogP contribution in [-0.2, 0) is 0 Å². The predicted molar refractivity (Wildman–Crippen MR) is 100 cm³/mol. The van der Waals surface area contributed by atoms with Gasteiger partial charge in [-0.2, -0.15) is 0 Å². The molecule has 2 aromatic heterocycles. The number of thiazole rings is 1. The molecule has 25 heavy (non-hydrogen) atoms. The Bertz CT molecular complexity index is 1150. The molecule has 6 nitrogen and oxygen atoms in total. The molecule has 0 radical (unpaired) electrons. The van der Waals surface area contributed by atoms with Gasteiger partial charge in [-0.25, -0.2) is 9.78 Å². The van der Waals surface area contributed by atoms with E-state index in [2.05, 4.69) is 31.2 Å². The van der Waals surface area contributed by atoms with E-state index in [9.17, 15) is 9.59 Å². The van der Waals surface area contributed by atoms with Crippen LogP contribution in [-0.4, -0.2) is 15.9 Å². The maximum absolute atomic E-state index is 12.3. The quantitative estimate of drug-likeness (QED) is 0.523. The number of nitrogens with zero attached hydrogens (tertiary/aromatic N) is 1. The fraction of sp³-hybridized carbons (Fsp3) is 0. The Morgan fingerprint density at radius 3 is 2.92 bits per heavy atom. The average Bonchev–Trinajstić information content (AvgIpc) is 3.19. The second-order valence-corrected chi connectivity index (χ2v) is 6.91. The zero-order valence-electron chi connectivity index (χ0n) is 12.6. The number of fused-ring (bicyclic) bond motifs is 1. The molecule has 0 aliphatic carbocycles. The van der Waals surface area contributed by atoms with Crippen molar-refractivity contribution in [3.63, 3.8) is 0 Å². The minimum Gasteiger partial charge on any atom is -0.408 e. The minimum absolute atomic E-state index is 0.233. The molecule has 124 valence electrons. The van der Waals surface area contributed by atoms with Crippen molar-refractivity contribution in [2.75, 3.05) is 5.32 Å². The Kier molecular flexibility index (Phi) is 3.98. The Morgan fingerprint density at radius 1 is 1.24 bits per heavy atom. The lowest BCUT2D eigenvalue weighted by Crippen LogP contribution is -2.12. The van der Waals surface area contributed by atoms with Gasteiger partial charge >= 0.3 is 5.76 Å². The van der Waals surface area contributed by atoms with Crippen LogP contribution in [0.4, 0.5) is 5.13 Å². The molecule has 0 saturated heterocycles. The molecule has 0 saturated carbocycles. The zero-order valence-corrected chi connectivity index (χ0v) is 15.0. The van der Waals surface area contributed by atoms with Crippen molar-refractivity contribution in [2.45, 2.75) is 0 Å². The van der Waals surface area contributed by atoms with Crippen molar-refractivity contribution in [1.29, 1.82) is 0 Å². The van der Waals surface area contributed by atoms with Crippen LogP contribution in [0.2, 0.25) is 0 Å². The van der Waals surface area contributed by atoms with Gasteiger partial charge in [-0.15, -0.1) is 11.3 Å². The summed E-state index contributed by atoms with van der Waals surface area (Å²) in [5.41, 5.74) is 3.16. The second kappa shape index (κ2) is 6.30. The van der Waals surface area contributed by atoms with Gasteiger partial charge in [-0.1, -0.05) is 12.1 Å². The first-order chi connectivity index (χ1) is 12.1. The van der Waals surface area contributed by atoms with Gasteiger partial charge in [0, 0.05) is 15.4 Å². The summed E-state index contributed by atoms with van der Waals surface area (Å²) in [7, 11) is 0. The molecular weight excluding hydrogens is 406 g/mol. The molecule has 0 atom stereocenters. The van der Waals surface area contributed by atoms with Crippen LogP contribution >= 0.6 is 27.3 Å². The number of carbonyl (C=O) groups is 1. The van der Waals surface area contributed by atoms with E-state index in [1.54, 1.807) is 24.3 Å². The molecule has 2 heterocycles. The minimum atomic E-state index is -0.494. The lowest BCUT2D eigenvalue weighted by molar-refractivity contribution is 0.102. The summed E-state index contributed by atoms with van der Waals surface area (Å²) < 4.78 is 5.71. The van der Waals surface area contributed by atoms with Crippen LogP contribution in [0.15, 0.2) is 61.5 Å². The van der Waals surface area contributed by atoms with Gasteiger partial charge in [-0.3, -0.25) is 15.1 Å². The van der Waals surface area contributed by atoms with Crippen molar-refractivity contribution < 1.29 is 9.21 Å². The van der Waals surface area contributed by atoms with Gasteiger partial charge in [0.2, 0.25) is 0 Å². The molecule has 2 N–H and O–H groups in total. The molecule has 0 unspecified atom stereocenters. The molecule has 0 bridgehead atoms.